The lowest BCUT2D eigenvalue weighted by molar-refractivity contribution is -0.564. The molecule has 7 heteroatoms. The van der Waals surface area contributed by atoms with Crippen LogP contribution in [-0.2, 0) is 18.4 Å². The number of benzene rings is 8. The van der Waals surface area contributed by atoms with E-state index in [1.54, 1.807) is 0 Å². The first kappa shape index (κ1) is 50.5. The van der Waals surface area contributed by atoms with Crippen molar-refractivity contribution in [1.29, 1.82) is 0 Å². The molecule has 8 aromatic carbocycles. The number of fused-ring (bicyclic) bond motifs is 3. The Bertz CT molecular complexity index is 3170. The zero-order chi connectivity index (χ0) is 49.9. The molecule has 3 heterocycles. The topological polar surface area (TPSA) is 29.3 Å². The summed E-state index contributed by atoms with van der Waals surface area (Å²) in [6.07, 6.45) is 8.61. The van der Waals surface area contributed by atoms with E-state index in [1.807, 2.05) is 108 Å². The summed E-state index contributed by atoms with van der Waals surface area (Å²) in [6, 6.07) is 71.7. The van der Waals surface area contributed by atoms with Gasteiger partial charge in [0, 0.05) is 39.7 Å². The van der Waals surface area contributed by atoms with Gasteiger partial charge in [0.15, 0.2) is 54.0 Å². The second-order valence-corrected chi connectivity index (χ2v) is 21.6. The molecule has 8 aromatic rings. The molecule has 360 valence electrons. The molecule has 2 atom stereocenters. The zero-order valence-electron chi connectivity index (χ0n) is 41.8. The summed E-state index contributed by atoms with van der Waals surface area (Å²) in [5, 5.41) is 12.7. The van der Waals surface area contributed by atoms with Gasteiger partial charge in [0.1, 0.15) is 0 Å². The highest BCUT2D eigenvalue weighted by Crippen LogP contribution is 2.39. The van der Waals surface area contributed by atoms with Gasteiger partial charge in [0.2, 0.25) is 5.69 Å². The van der Waals surface area contributed by atoms with Crippen LogP contribution in [0.1, 0.15) is 69.5 Å². The Morgan fingerprint density at radius 2 is 0.931 bits per heavy atom. The predicted octanol–water partition coefficient (Wildman–Crippen LogP) is 14.7. The van der Waals surface area contributed by atoms with Crippen molar-refractivity contribution in [3.63, 3.8) is 0 Å². The van der Waals surface area contributed by atoms with Crippen LogP contribution in [0.5, 0.6) is 0 Å². The molecule has 0 amide bonds. The van der Waals surface area contributed by atoms with E-state index in [9.17, 15) is 5.11 Å². The summed E-state index contributed by atoms with van der Waals surface area (Å²) < 4.78 is 7.08. The Morgan fingerprint density at radius 3 is 1.46 bits per heavy atom. The molecule has 11 rings (SSSR count). The van der Waals surface area contributed by atoms with Gasteiger partial charge < -0.3 is 5.11 Å². The van der Waals surface area contributed by atoms with E-state index in [0.29, 0.717) is 6.04 Å². The van der Waals surface area contributed by atoms with E-state index >= 15 is 0 Å². The summed E-state index contributed by atoms with van der Waals surface area (Å²) in [7, 11) is 0. The summed E-state index contributed by atoms with van der Waals surface area (Å²) in [6.45, 7) is 12.8. The van der Waals surface area contributed by atoms with Gasteiger partial charge in [-0.2, -0.15) is 4.58 Å². The molecule has 4 nitrogen and oxygen atoms in total. The molecule has 0 spiro atoms. The molecule has 0 bridgehead atoms. The van der Waals surface area contributed by atoms with Gasteiger partial charge in [0.05, 0.1) is 16.7 Å². The summed E-state index contributed by atoms with van der Waals surface area (Å²) >= 11 is 5.69. The molecule has 0 saturated carbocycles. The maximum atomic E-state index is 12.7. The van der Waals surface area contributed by atoms with Crippen molar-refractivity contribution in [3.05, 3.63) is 268 Å². The molecule has 2 unspecified atom stereocenters. The molecule has 0 radical (unpaired) electrons. The van der Waals surface area contributed by atoms with Gasteiger partial charge in [-0.05, 0) is 90.4 Å². The minimum absolute atomic E-state index is 0.189. The number of aryl methyl sites for hydroxylation is 2. The van der Waals surface area contributed by atoms with Crippen molar-refractivity contribution in [2.24, 2.45) is 0 Å². The number of aliphatic hydroxyl groups is 1. The number of thioether (sulfide) groups is 3. The van der Waals surface area contributed by atoms with Crippen molar-refractivity contribution >= 4 is 65.2 Å². The fourth-order valence-corrected chi connectivity index (χ4v) is 13.2. The van der Waals surface area contributed by atoms with Gasteiger partial charge in [-0.1, -0.05) is 218 Å². The molecule has 1 N–H and O–H groups in total. The lowest BCUT2D eigenvalue weighted by atomic mass is 9.77. The quantitative estimate of drug-likeness (QED) is 0.131. The predicted molar refractivity (Wildman–Crippen MR) is 307 cm³/mol. The molecular weight excluding hydrogens is 935 g/mol. The zero-order valence-corrected chi connectivity index (χ0v) is 44.2. The van der Waals surface area contributed by atoms with Gasteiger partial charge in [-0.15, -0.1) is 0 Å². The number of hydrogen-bond acceptors (Lipinski definition) is 4. The maximum absolute atomic E-state index is 12.7. The molecule has 3 aliphatic rings. The minimum Gasteiger partial charge on any atom is -0.374 e. The van der Waals surface area contributed by atoms with Crippen LogP contribution < -0.4 is 0 Å². The number of rotatable bonds is 11. The van der Waals surface area contributed by atoms with Crippen LogP contribution in [0.4, 0.5) is 5.69 Å². The van der Waals surface area contributed by atoms with Crippen LogP contribution in [0, 0.1) is 13.8 Å². The Balaban J connectivity index is 0.000000141. The van der Waals surface area contributed by atoms with Crippen molar-refractivity contribution in [2.45, 2.75) is 72.9 Å². The summed E-state index contributed by atoms with van der Waals surface area (Å²) in [4.78, 5) is 4.12. The largest absolute Gasteiger partial charge is 0.374 e. The lowest BCUT2D eigenvalue weighted by Gasteiger charge is -2.36. The minimum atomic E-state index is -1.18. The third-order valence-corrected chi connectivity index (χ3v) is 17.3. The molecule has 0 aliphatic carbocycles. The van der Waals surface area contributed by atoms with Crippen molar-refractivity contribution in [2.75, 3.05) is 17.6 Å². The number of allylic oxidation sites excluding steroid dienone is 1. The van der Waals surface area contributed by atoms with Gasteiger partial charge in [-0.3, -0.25) is 0 Å². The van der Waals surface area contributed by atoms with Gasteiger partial charge >= 0.3 is 0 Å². The normalized spacial score (nSPS) is 14.4. The second-order valence-electron chi connectivity index (χ2n) is 18.8. The van der Waals surface area contributed by atoms with Crippen LogP contribution in [0.2, 0.25) is 0 Å². The molecular formula is C65H64N3OS3+3. The third-order valence-electron chi connectivity index (χ3n) is 13.6. The maximum Gasteiger partial charge on any atom is 0.205 e. The first-order valence-electron chi connectivity index (χ1n) is 24.8. The highest BCUT2D eigenvalue weighted by Gasteiger charge is 2.48. The number of nitrogens with zero attached hydrogens (tertiary/aromatic N) is 3. The van der Waals surface area contributed by atoms with E-state index in [-0.39, 0.29) is 6.04 Å². The number of para-hydroxylation sites is 1. The Morgan fingerprint density at radius 1 is 0.500 bits per heavy atom. The highest BCUT2D eigenvalue weighted by molar-refractivity contribution is 7.99. The summed E-state index contributed by atoms with van der Waals surface area (Å²) in [5.41, 5.74) is 13.4. The van der Waals surface area contributed by atoms with E-state index in [4.69, 9.17) is 0 Å². The van der Waals surface area contributed by atoms with Crippen molar-refractivity contribution in [1.82, 2.24) is 0 Å². The molecule has 0 aromatic heterocycles. The SMILES string of the molecule is C=C(C)c1cccc2c1SC[N+](c1ccccc1)=C2.Cc1cccc2c1SC[N+](C(C)Cc1ccccc1)=C2.Cc1cccc2c1SC[N+](C(Cc1ccccc1)C(O)(c1ccccc1)c1ccccc1)=C2. The van der Waals surface area contributed by atoms with Crippen LogP contribution in [0.3, 0.4) is 0 Å². The van der Waals surface area contributed by atoms with Crippen LogP contribution in [0.25, 0.3) is 5.57 Å². The average molecular weight is 999 g/mol. The van der Waals surface area contributed by atoms with Gasteiger partial charge in [0.25, 0.3) is 0 Å². The van der Waals surface area contributed by atoms with Crippen LogP contribution in [-0.4, -0.2) is 67.2 Å². The first-order chi connectivity index (χ1) is 35.2. The number of hydrogen-bond donors (Lipinski definition) is 1. The van der Waals surface area contributed by atoms with Crippen molar-refractivity contribution < 1.29 is 18.8 Å². The van der Waals surface area contributed by atoms with Gasteiger partial charge in [-0.25, -0.2) is 9.15 Å². The lowest BCUT2D eigenvalue weighted by Crippen LogP contribution is -2.50. The standard InChI is InChI=1S/C30H28NOS.C18H20NS.C17H16NS/c1-23-12-11-15-25-21-31(22-33-29(23)25)28(20-24-13-5-2-6-14-24)30(32,26-16-7-3-8-17-26)27-18-9-4-10-19-27;1-14-7-6-10-17-12-19(13-20-18(14)17)15(2)11-16-8-4-3-5-9-16;1-13(2)16-10-6-7-14-11-18(12-19-17(14)16)15-8-4-3-5-9-15/h2-19,21,28,32H,20,22H2,1H3;3-10,12,15H,11,13H2,1-2H3;3-11H,1,12H2,2H3/q3*+1. The fraction of sp³-hybridized carbons (Fsp3) is 0.185. The monoisotopic (exact) mass is 998 g/mol. The molecule has 0 fully saturated rings. The molecule has 0 saturated heterocycles. The van der Waals surface area contributed by atoms with Crippen molar-refractivity contribution in [3.8, 4) is 0 Å². The molecule has 3 aliphatic heterocycles. The summed E-state index contributed by atoms with van der Waals surface area (Å²) in [5.74, 6) is 2.78. The Kier molecular flexibility index (Phi) is 16.7. The average Bonchev–Trinajstić information content (AvgIpc) is 3.43. The first-order valence-corrected chi connectivity index (χ1v) is 27.8. The Hall–Kier alpha value is -6.48. The highest BCUT2D eigenvalue weighted by atomic mass is 32.2. The van der Waals surface area contributed by atoms with Crippen LogP contribution in [0.15, 0.2) is 228 Å². The fourth-order valence-electron chi connectivity index (χ4n) is 9.70. The smallest absolute Gasteiger partial charge is 0.205 e. The molecule has 72 heavy (non-hydrogen) atoms. The van der Waals surface area contributed by atoms with Crippen LogP contribution >= 0.6 is 35.3 Å². The van der Waals surface area contributed by atoms with E-state index in [2.05, 4.69) is 200 Å². The third kappa shape index (κ3) is 11.9. The Labute approximate surface area is 440 Å². The second kappa shape index (κ2) is 23.8. The van der Waals surface area contributed by atoms with E-state index in [0.717, 1.165) is 47.2 Å². The van der Waals surface area contributed by atoms with E-state index < -0.39 is 5.60 Å². The van der Waals surface area contributed by atoms with E-state index in [1.165, 1.54) is 64.9 Å².